The van der Waals surface area contributed by atoms with Gasteiger partial charge in [0.2, 0.25) is 5.91 Å². The molecule has 0 saturated carbocycles. The molecule has 0 aromatic rings. The third-order valence-electron chi connectivity index (χ3n) is 15.2. The van der Waals surface area contributed by atoms with Crippen LogP contribution in [-0.4, -0.2) is 369 Å². The molecule has 0 aromatic carbocycles. The van der Waals surface area contributed by atoms with E-state index in [1.807, 2.05) is 0 Å². The molecule has 23 rings (SSSR count). The van der Waals surface area contributed by atoms with Gasteiger partial charge in [0, 0.05) is 6.92 Å². The molecule has 1 amide bonds. The Morgan fingerprint density at radius 3 is 0.787 bits per heavy atom. The molecule has 464 valence electrons. The summed E-state index contributed by atoms with van der Waals surface area (Å²) in [5.74, 6) is -0.760. The van der Waals surface area contributed by atoms with Gasteiger partial charge < -0.3 is 174 Å². The number of aliphatic hydroxyl groups is 20. The van der Waals surface area contributed by atoms with Crippen molar-refractivity contribution in [2.24, 2.45) is 0 Å². The van der Waals surface area contributed by atoms with Crippen LogP contribution >= 0.6 is 0 Å². The molecule has 36 nitrogen and oxygen atoms in total. The molecule has 0 radical (unpaired) electrons. The van der Waals surface area contributed by atoms with Crippen LogP contribution in [0.4, 0.5) is 0 Å². The number of amides is 1. The Kier molecular flexibility index (Phi) is 21.8. The van der Waals surface area contributed by atoms with Crippen molar-refractivity contribution in [3.8, 4) is 0 Å². The van der Waals surface area contributed by atoms with Crippen LogP contribution in [-0.2, 0) is 71.1 Å². The van der Waals surface area contributed by atoms with Crippen molar-refractivity contribution in [1.29, 1.82) is 0 Å². The Bertz CT molecular complexity index is 1940. The second-order valence-corrected chi connectivity index (χ2v) is 20.4. The van der Waals surface area contributed by atoms with Gasteiger partial charge in [-0.25, -0.2) is 0 Å². The first kappa shape index (κ1) is 64.1. The maximum absolute atomic E-state index is 12.2. The summed E-state index contributed by atoms with van der Waals surface area (Å²) in [6.07, 6.45) is -68.4. The second kappa shape index (κ2) is 27.2. The molecule has 0 aromatic heterocycles. The first-order chi connectivity index (χ1) is 38.0. The van der Waals surface area contributed by atoms with E-state index in [1.54, 1.807) is 0 Å². The second-order valence-electron chi connectivity index (χ2n) is 20.4. The summed E-state index contributed by atoms with van der Waals surface area (Å²) in [6.45, 7) is -6.08. The molecule has 23 aliphatic heterocycles. The molecular weight excluding hydrogens is 1100 g/mol. The Labute approximate surface area is 452 Å². The molecular formula is C44H73NO35. The van der Waals surface area contributed by atoms with Gasteiger partial charge in [-0.05, 0) is 0 Å². The van der Waals surface area contributed by atoms with E-state index in [2.05, 4.69) is 5.32 Å². The smallest absolute Gasteiger partial charge is 0.217 e. The Balaban J connectivity index is 1.12. The maximum atomic E-state index is 12.2. The van der Waals surface area contributed by atoms with Crippen molar-refractivity contribution < 1.29 is 173 Å². The number of aliphatic hydroxyl groups excluding tert-OH is 20. The van der Waals surface area contributed by atoms with Crippen molar-refractivity contribution in [3.05, 3.63) is 0 Å². The van der Waals surface area contributed by atoms with Crippen LogP contribution in [0.2, 0.25) is 0 Å². The Morgan fingerprint density at radius 1 is 0.312 bits per heavy atom. The average molecular weight is 1180 g/mol. The van der Waals surface area contributed by atoms with Gasteiger partial charge in [0.15, 0.2) is 44.0 Å². The first-order valence-corrected chi connectivity index (χ1v) is 25.6. The van der Waals surface area contributed by atoms with Gasteiger partial charge in [0.05, 0.1) is 46.2 Å². The molecule has 21 N–H and O–H groups in total. The Hall–Kier alpha value is -1.89. The van der Waals surface area contributed by atoms with Gasteiger partial charge in [-0.15, -0.1) is 0 Å². The summed E-state index contributed by atoms with van der Waals surface area (Å²) < 4.78 is 80.8. The molecule has 36 heteroatoms. The van der Waals surface area contributed by atoms with Crippen molar-refractivity contribution in [3.63, 3.8) is 0 Å². The van der Waals surface area contributed by atoms with Gasteiger partial charge in [0.25, 0.3) is 0 Å². The number of hydrogen-bond donors (Lipinski definition) is 21. The van der Waals surface area contributed by atoms with Crippen molar-refractivity contribution >= 4 is 5.91 Å². The predicted octanol–water partition coefficient (Wildman–Crippen LogP) is -15.1. The van der Waals surface area contributed by atoms with Crippen LogP contribution in [0, 0.1) is 0 Å². The van der Waals surface area contributed by atoms with Crippen molar-refractivity contribution in [2.75, 3.05) is 46.2 Å². The average Bonchev–Trinajstić information content (AvgIpc) is 3.48. The minimum Gasteiger partial charge on any atom is -0.394 e. The van der Waals surface area contributed by atoms with E-state index in [1.165, 1.54) is 0 Å². The minimum absolute atomic E-state index is 0.760. The van der Waals surface area contributed by atoms with Gasteiger partial charge in [-0.1, -0.05) is 0 Å². The third-order valence-corrected chi connectivity index (χ3v) is 15.2. The van der Waals surface area contributed by atoms with Gasteiger partial charge in [-0.3, -0.25) is 4.79 Å². The van der Waals surface area contributed by atoms with Crippen molar-refractivity contribution in [2.45, 2.75) is 222 Å². The van der Waals surface area contributed by atoms with Crippen molar-refractivity contribution in [1.82, 2.24) is 5.32 Å². The van der Waals surface area contributed by atoms with Crippen LogP contribution in [0.1, 0.15) is 6.92 Å². The monoisotopic (exact) mass is 1180 g/mol. The SMILES string of the molecule is CC(=O)N[C@H]1[C@H](OC[C@H]2O[C@@H]3O[C@H]4[C@H](O)[C@@H](O)[C@@H](O[C@H]5[C@H](O)[C@@H](O)[C@@H](O[C@H]6[C@H](O)[C@@H](O)[C@@H](O[C@H]7[C@H](O)[C@@H](O)[C@@H](O[C@H]8[C@H](O)[C@@H](O)[C@@H](O[C@H]2[C@H](O)[C@H]3O)O[C@@H]8CO)O[C@@H]7CO)O[C@@H]6CO)O[C@@H]5CO)O[C@@H]4CO)O[C@H](CO)[C@@H](O)[C@@H]1O. The number of rotatable bonds is 10. The quantitative estimate of drug-likeness (QED) is 0.0966. The van der Waals surface area contributed by atoms with Crippen LogP contribution in [0.5, 0.6) is 0 Å². The zero-order valence-electron chi connectivity index (χ0n) is 42.2. The highest BCUT2D eigenvalue weighted by Crippen LogP contribution is 2.38. The number of hydrogen-bond acceptors (Lipinski definition) is 35. The molecule has 80 heavy (non-hydrogen) atoms. The number of carbonyl (C=O) groups excluding carboxylic acids is 1. The van der Waals surface area contributed by atoms with E-state index in [0.29, 0.717) is 0 Å². The van der Waals surface area contributed by atoms with Gasteiger partial charge in [0.1, 0.15) is 171 Å². The molecule has 0 aliphatic carbocycles. The molecule has 12 bridgehead atoms. The van der Waals surface area contributed by atoms with E-state index in [4.69, 9.17) is 66.3 Å². The van der Waals surface area contributed by atoms with E-state index in [0.717, 1.165) is 6.92 Å². The fraction of sp³-hybridized carbons (Fsp3) is 0.977. The molecule has 23 heterocycles. The highest BCUT2D eigenvalue weighted by molar-refractivity contribution is 5.73. The van der Waals surface area contributed by atoms with Gasteiger partial charge in [-0.2, -0.15) is 0 Å². The standard InChI is InChI=1S/C44H73NO35/c1-9(52)45-17-19(54)18(53)10(2-46)68-38(17)67-8-16-37-25(60)31(66)44(74-16)79-36-15(7-51)72-42(29(64)23(36)58)77-34-13(5-49)70-40(27(62)21(34)56)75-32-11(3-47)69-39(26(61)20(32)55)76-33-12(4-48)71-41(28(63)22(33)57)78-35-14(6-50)73-43(80-37)30(65)24(35)59/h10-44,46-51,53-66H,2-8H2,1H3,(H,45,52)/t10-,11-,12-,13-,14-,15-,16-,17-,18-,19-,20-,21-,22-,23-,24-,25-,26-,27-,28-,29-,30-,31-,32-,33-,34-,35-,36-,37-,38-,39-,40-,41-,42-,43-,44-/m1/s1. The number of nitrogens with one attached hydrogen (secondary N) is 1. The van der Waals surface area contributed by atoms with Crippen LogP contribution < -0.4 is 5.32 Å². The summed E-state index contributed by atoms with van der Waals surface area (Å²) in [7, 11) is 0. The first-order valence-electron chi connectivity index (χ1n) is 25.6. The molecule has 0 spiro atoms. The Morgan fingerprint density at radius 2 is 0.550 bits per heavy atom. The molecule has 0 unspecified atom stereocenters. The summed E-state index contributed by atoms with van der Waals surface area (Å²) in [4.78, 5) is 12.2. The van der Waals surface area contributed by atoms with Crippen LogP contribution in [0.15, 0.2) is 0 Å². The molecule has 23 saturated heterocycles. The highest BCUT2D eigenvalue weighted by atomic mass is 16.8. The third kappa shape index (κ3) is 12.8. The zero-order chi connectivity index (χ0) is 58.3. The lowest BCUT2D eigenvalue weighted by atomic mass is 9.94. The van der Waals surface area contributed by atoms with E-state index in [9.17, 15) is 107 Å². The lowest BCUT2D eigenvalue weighted by Gasteiger charge is -2.51. The van der Waals surface area contributed by atoms with E-state index >= 15 is 0 Å². The number of ether oxygens (including phenoxy) is 14. The predicted molar refractivity (Wildman–Crippen MR) is 240 cm³/mol. The lowest BCUT2D eigenvalue weighted by Crippen LogP contribution is -2.69. The number of carbonyl (C=O) groups is 1. The van der Waals surface area contributed by atoms with Gasteiger partial charge >= 0.3 is 0 Å². The highest BCUT2D eigenvalue weighted by Gasteiger charge is 2.59. The summed E-state index contributed by atoms with van der Waals surface area (Å²) in [5.41, 5.74) is 0. The maximum Gasteiger partial charge on any atom is 0.217 e. The summed E-state index contributed by atoms with van der Waals surface area (Å²) in [5, 5.41) is 223. The van der Waals surface area contributed by atoms with Crippen LogP contribution in [0.3, 0.4) is 0 Å². The van der Waals surface area contributed by atoms with E-state index < -0.39 is 267 Å². The van der Waals surface area contributed by atoms with E-state index in [-0.39, 0.29) is 0 Å². The summed E-state index contributed by atoms with van der Waals surface area (Å²) in [6, 6.07) is -1.57. The molecule has 23 fully saturated rings. The summed E-state index contributed by atoms with van der Waals surface area (Å²) >= 11 is 0. The molecule has 23 aliphatic rings. The fourth-order valence-corrected chi connectivity index (χ4v) is 10.7. The lowest BCUT2D eigenvalue weighted by molar-refractivity contribution is -0.405. The molecule has 35 atom stereocenters. The normalized spacial score (nSPS) is 53.5. The topological polar surface area (TPSA) is 563 Å². The largest absolute Gasteiger partial charge is 0.394 e. The zero-order valence-corrected chi connectivity index (χ0v) is 42.2. The van der Waals surface area contributed by atoms with Crippen LogP contribution in [0.25, 0.3) is 0 Å². The fourth-order valence-electron chi connectivity index (χ4n) is 10.7. The minimum atomic E-state index is -2.31.